The Morgan fingerprint density at radius 1 is 0.838 bits per heavy atom. The second kappa shape index (κ2) is 7.87. The molecule has 5 aliphatic carbocycles. The Kier molecular flexibility index (Phi) is 5.80. The van der Waals surface area contributed by atoms with Crippen LogP contribution in [0.1, 0.15) is 127 Å². The van der Waals surface area contributed by atoms with E-state index >= 15 is 0 Å². The van der Waals surface area contributed by atoms with Crippen LogP contribution in [-0.2, 0) is 14.3 Å². The molecule has 0 radical (unpaired) electrons. The molecule has 208 valence electrons. The first-order valence-electron chi connectivity index (χ1n) is 15.0. The predicted molar refractivity (Wildman–Crippen MR) is 147 cm³/mol. The van der Waals surface area contributed by atoms with E-state index in [2.05, 4.69) is 61.5 Å². The highest BCUT2D eigenvalue weighted by Gasteiger charge is 2.71. The second-order valence-corrected chi connectivity index (χ2v) is 16.2. The van der Waals surface area contributed by atoms with Crippen LogP contribution in [0, 0.1) is 49.7 Å². The van der Waals surface area contributed by atoms with Crippen LogP contribution < -0.4 is 0 Å². The number of rotatable bonds is 2. The maximum absolute atomic E-state index is 12.9. The lowest BCUT2D eigenvalue weighted by Crippen LogP contribution is -2.68. The van der Waals surface area contributed by atoms with Crippen LogP contribution in [0.15, 0.2) is 11.6 Å². The van der Waals surface area contributed by atoms with Crippen LogP contribution in [-0.4, -0.2) is 23.1 Å². The zero-order chi connectivity index (χ0) is 27.4. The Morgan fingerprint density at radius 2 is 1.49 bits per heavy atom. The van der Waals surface area contributed by atoms with E-state index in [1.165, 1.54) is 0 Å². The number of hydrogen-bond donors (Lipinski definition) is 1. The Morgan fingerprint density at radius 3 is 2.11 bits per heavy atom. The molecule has 4 nitrogen and oxygen atoms in total. The Hall–Kier alpha value is -1.32. The number of carboxylic acids is 1. The second-order valence-electron chi connectivity index (χ2n) is 16.2. The fourth-order valence-electron chi connectivity index (χ4n) is 11.4. The topological polar surface area (TPSA) is 63.6 Å². The summed E-state index contributed by atoms with van der Waals surface area (Å²) in [4.78, 5) is 24.9. The third-order valence-corrected chi connectivity index (χ3v) is 14.1. The molecule has 0 unspecified atom stereocenters. The van der Waals surface area contributed by atoms with Gasteiger partial charge in [-0.25, -0.2) is 0 Å². The lowest BCUT2D eigenvalue weighted by Gasteiger charge is -2.73. The van der Waals surface area contributed by atoms with Crippen molar-refractivity contribution in [1.82, 2.24) is 0 Å². The lowest BCUT2D eigenvalue weighted by atomic mass is 9.31. The first kappa shape index (κ1) is 27.3. The zero-order valence-corrected chi connectivity index (χ0v) is 25.1. The molecular weight excluding hydrogens is 460 g/mol. The summed E-state index contributed by atoms with van der Waals surface area (Å²) < 4.78 is 5.94. The molecule has 0 aromatic carbocycles. The van der Waals surface area contributed by atoms with Gasteiger partial charge in [-0.1, -0.05) is 67.0 Å². The molecule has 0 saturated heterocycles. The standard InChI is InChI=1S/C33H52O4/c1-21(34)37-25-12-14-31(8)23-10-13-29(6)22(30(23,7)17-18-32(31,9)28(25,4)5)11-15-33(26(35)36)19-16-27(2,3)20-24(29)33/h11,23-25H,10,12-20H2,1-9H3,(H,35,36)/t23-,24-,25-,29+,30-,31+,32-,33+/m0/s1. The summed E-state index contributed by atoms with van der Waals surface area (Å²) in [6, 6.07) is 0. The first-order chi connectivity index (χ1) is 16.9. The van der Waals surface area contributed by atoms with Gasteiger partial charge in [-0.15, -0.1) is 0 Å². The number of esters is 1. The number of aliphatic carboxylic acids is 1. The van der Waals surface area contributed by atoms with Crippen molar-refractivity contribution < 1.29 is 19.4 Å². The lowest BCUT2D eigenvalue weighted by molar-refractivity contribution is -0.241. The van der Waals surface area contributed by atoms with Crippen LogP contribution in [0.2, 0.25) is 0 Å². The van der Waals surface area contributed by atoms with Crippen LogP contribution >= 0.6 is 0 Å². The summed E-state index contributed by atoms with van der Waals surface area (Å²) in [5, 5.41) is 10.6. The van der Waals surface area contributed by atoms with Gasteiger partial charge in [0.25, 0.3) is 0 Å². The normalized spacial score (nSPS) is 49.9. The van der Waals surface area contributed by atoms with Gasteiger partial charge in [0.1, 0.15) is 6.10 Å². The van der Waals surface area contributed by atoms with Gasteiger partial charge in [0.2, 0.25) is 0 Å². The maximum atomic E-state index is 12.9. The van der Waals surface area contributed by atoms with Crippen molar-refractivity contribution in [3.05, 3.63) is 11.6 Å². The van der Waals surface area contributed by atoms with Gasteiger partial charge in [-0.2, -0.15) is 0 Å². The number of carbonyl (C=O) groups is 2. The largest absolute Gasteiger partial charge is 0.481 e. The molecule has 0 aromatic rings. The number of allylic oxidation sites excluding steroid dienone is 2. The van der Waals surface area contributed by atoms with E-state index in [1.54, 1.807) is 12.5 Å². The van der Waals surface area contributed by atoms with Crippen LogP contribution in [0.3, 0.4) is 0 Å². The minimum absolute atomic E-state index is 0.0316. The molecule has 4 saturated carbocycles. The monoisotopic (exact) mass is 512 g/mol. The van der Waals surface area contributed by atoms with Gasteiger partial charge < -0.3 is 9.84 Å². The molecule has 37 heavy (non-hydrogen) atoms. The van der Waals surface area contributed by atoms with E-state index in [1.807, 2.05) is 0 Å². The Bertz CT molecular complexity index is 1040. The first-order valence-corrected chi connectivity index (χ1v) is 15.0. The fourth-order valence-corrected chi connectivity index (χ4v) is 11.4. The molecule has 1 N–H and O–H groups in total. The molecule has 0 aliphatic heterocycles. The molecule has 0 bridgehead atoms. The van der Waals surface area contributed by atoms with E-state index in [0.717, 1.165) is 57.8 Å². The van der Waals surface area contributed by atoms with E-state index in [-0.39, 0.29) is 50.5 Å². The molecule has 4 fully saturated rings. The predicted octanol–water partition coefficient (Wildman–Crippen LogP) is 8.19. The number of carboxylic acid groups (broad SMARTS) is 1. The molecule has 5 aliphatic rings. The number of carbonyl (C=O) groups excluding carboxylic acids is 1. The van der Waals surface area contributed by atoms with E-state index in [9.17, 15) is 14.7 Å². The SMILES string of the molecule is CC(=O)O[C@H]1CC[C@]2(C)[C@H]3CC[C@]4(C)C(=CC[C@@]5(C(=O)O)CCC(C)(C)C[C@H]54)[C@]3(C)CC[C@@]2(C)C1(C)C. The fraction of sp³-hybridized carbons (Fsp3) is 0.879. The molecular formula is C33H52O4. The Balaban J connectivity index is 1.57. The Labute approximate surface area is 225 Å². The average molecular weight is 513 g/mol. The van der Waals surface area contributed by atoms with E-state index < -0.39 is 11.4 Å². The van der Waals surface area contributed by atoms with Gasteiger partial charge in [-0.05, 0) is 103 Å². The van der Waals surface area contributed by atoms with Crippen molar-refractivity contribution in [2.75, 3.05) is 0 Å². The highest BCUT2D eigenvalue weighted by molar-refractivity contribution is 5.76. The summed E-state index contributed by atoms with van der Waals surface area (Å²) in [5.74, 6) is 0.0374. The molecule has 5 rings (SSSR count). The summed E-state index contributed by atoms with van der Waals surface area (Å²) >= 11 is 0. The zero-order valence-electron chi connectivity index (χ0n) is 25.1. The summed E-state index contributed by atoms with van der Waals surface area (Å²) in [7, 11) is 0. The van der Waals surface area contributed by atoms with Crippen molar-refractivity contribution >= 4 is 11.9 Å². The van der Waals surface area contributed by atoms with Crippen molar-refractivity contribution in [2.45, 2.75) is 133 Å². The van der Waals surface area contributed by atoms with Crippen LogP contribution in [0.25, 0.3) is 0 Å². The van der Waals surface area contributed by atoms with Gasteiger partial charge in [-0.3, -0.25) is 9.59 Å². The van der Waals surface area contributed by atoms with Crippen molar-refractivity contribution in [3.63, 3.8) is 0 Å². The molecule has 0 amide bonds. The van der Waals surface area contributed by atoms with Crippen LogP contribution in [0.4, 0.5) is 0 Å². The third kappa shape index (κ3) is 3.32. The quantitative estimate of drug-likeness (QED) is 0.299. The average Bonchev–Trinajstić information content (AvgIpc) is 2.78. The number of fused-ring (bicyclic) bond motifs is 7. The third-order valence-electron chi connectivity index (χ3n) is 14.1. The molecule has 0 heterocycles. The minimum atomic E-state index is -0.603. The summed E-state index contributed by atoms with van der Waals surface area (Å²) in [5.41, 5.74) is 1.36. The number of ether oxygens (including phenoxy) is 1. The van der Waals surface area contributed by atoms with Gasteiger partial charge in [0.05, 0.1) is 5.41 Å². The van der Waals surface area contributed by atoms with Gasteiger partial charge in [0, 0.05) is 12.3 Å². The minimum Gasteiger partial charge on any atom is -0.481 e. The van der Waals surface area contributed by atoms with Crippen molar-refractivity contribution in [3.8, 4) is 0 Å². The summed E-state index contributed by atoms with van der Waals surface area (Å²) in [6.07, 6.45) is 12.5. The highest BCUT2D eigenvalue weighted by atomic mass is 16.5. The van der Waals surface area contributed by atoms with Gasteiger partial charge >= 0.3 is 11.9 Å². The molecule has 4 heteroatoms. The number of hydrogen-bond acceptors (Lipinski definition) is 3. The van der Waals surface area contributed by atoms with E-state index in [4.69, 9.17) is 4.74 Å². The molecule has 0 spiro atoms. The summed E-state index contributed by atoms with van der Waals surface area (Å²) in [6.45, 7) is 21.0. The van der Waals surface area contributed by atoms with Gasteiger partial charge in [0.15, 0.2) is 0 Å². The maximum Gasteiger partial charge on any atom is 0.310 e. The molecule has 0 aromatic heterocycles. The highest BCUT2D eigenvalue weighted by Crippen LogP contribution is 2.78. The molecule has 8 atom stereocenters. The van der Waals surface area contributed by atoms with Crippen molar-refractivity contribution in [1.29, 1.82) is 0 Å². The van der Waals surface area contributed by atoms with Crippen LogP contribution in [0.5, 0.6) is 0 Å². The van der Waals surface area contributed by atoms with E-state index in [0.29, 0.717) is 12.3 Å². The van der Waals surface area contributed by atoms with Crippen molar-refractivity contribution in [2.24, 2.45) is 49.7 Å². The smallest absolute Gasteiger partial charge is 0.310 e.